The first-order valence-corrected chi connectivity index (χ1v) is 12.3. The number of phenolic OH excluding ortho intramolecular Hbond substituents is 1. The van der Waals surface area contributed by atoms with Gasteiger partial charge in [-0.25, -0.2) is 9.78 Å². The number of hydrogen-bond donors (Lipinski definition) is 8. The standard InChI is InChI=1S/C25H36N6O7/c1-4-13(2)20(26)23(35)29-18(10-16-11-27-12-28-16)22(34)31-21(14(3)32)24(36)30-19(25(37)38)9-15-5-7-17(33)8-6-15/h5-8,11-14,18-21,32-33H,4,9-10,26H2,1-3H3,(H,27,28)(H,29,35)(H,30,36)(H,31,34)(H,37,38). The second-order valence-electron chi connectivity index (χ2n) is 9.25. The van der Waals surface area contributed by atoms with E-state index in [0.717, 1.165) is 0 Å². The molecule has 0 saturated carbocycles. The number of H-pyrrole nitrogens is 1. The molecular weight excluding hydrogens is 496 g/mol. The Morgan fingerprint density at radius 2 is 1.61 bits per heavy atom. The highest BCUT2D eigenvalue weighted by Crippen LogP contribution is 2.12. The first-order valence-electron chi connectivity index (χ1n) is 12.3. The summed E-state index contributed by atoms with van der Waals surface area (Å²) in [7, 11) is 0. The third kappa shape index (κ3) is 8.85. The van der Waals surface area contributed by atoms with Crippen molar-refractivity contribution in [2.24, 2.45) is 11.7 Å². The SMILES string of the molecule is CCC(C)C(N)C(=O)NC(Cc1cnc[nH]1)C(=O)NC(C(=O)NC(Cc1ccc(O)cc1)C(=O)O)C(C)O. The van der Waals surface area contributed by atoms with Crippen LogP contribution in [-0.4, -0.2) is 79.2 Å². The van der Waals surface area contributed by atoms with Crippen molar-refractivity contribution in [2.75, 3.05) is 0 Å². The summed E-state index contributed by atoms with van der Waals surface area (Å²) in [5.74, 6) is -3.74. The van der Waals surface area contributed by atoms with Crippen molar-refractivity contribution in [3.8, 4) is 5.75 Å². The summed E-state index contributed by atoms with van der Waals surface area (Å²) in [4.78, 5) is 57.4. The van der Waals surface area contributed by atoms with Gasteiger partial charge in [-0.05, 0) is 30.5 Å². The van der Waals surface area contributed by atoms with Crippen molar-refractivity contribution < 1.29 is 34.5 Å². The number of nitrogens with one attached hydrogen (secondary N) is 4. The van der Waals surface area contributed by atoms with Gasteiger partial charge in [-0.1, -0.05) is 32.4 Å². The number of aromatic amines is 1. The lowest BCUT2D eigenvalue weighted by Gasteiger charge is -2.27. The number of aromatic hydroxyl groups is 1. The van der Waals surface area contributed by atoms with E-state index in [1.54, 1.807) is 6.92 Å². The number of hydrogen-bond acceptors (Lipinski definition) is 8. The Balaban J connectivity index is 2.17. The number of nitrogens with zero attached hydrogens (tertiary/aromatic N) is 1. The predicted molar refractivity (Wildman–Crippen MR) is 137 cm³/mol. The van der Waals surface area contributed by atoms with Gasteiger partial charge in [-0.3, -0.25) is 14.4 Å². The fourth-order valence-corrected chi connectivity index (χ4v) is 3.59. The molecule has 0 aliphatic heterocycles. The van der Waals surface area contributed by atoms with Crippen LogP contribution in [0.5, 0.6) is 5.75 Å². The molecule has 2 aromatic rings. The minimum Gasteiger partial charge on any atom is -0.508 e. The molecule has 1 aromatic carbocycles. The van der Waals surface area contributed by atoms with Gasteiger partial charge in [0.2, 0.25) is 17.7 Å². The molecule has 38 heavy (non-hydrogen) atoms. The average Bonchev–Trinajstić information content (AvgIpc) is 3.39. The van der Waals surface area contributed by atoms with Crippen LogP contribution < -0.4 is 21.7 Å². The van der Waals surface area contributed by atoms with E-state index in [0.29, 0.717) is 17.7 Å². The van der Waals surface area contributed by atoms with E-state index >= 15 is 0 Å². The van der Waals surface area contributed by atoms with Crippen molar-refractivity contribution in [1.82, 2.24) is 25.9 Å². The van der Waals surface area contributed by atoms with Crippen molar-refractivity contribution in [3.05, 3.63) is 48.0 Å². The molecule has 0 spiro atoms. The molecule has 13 nitrogen and oxygen atoms in total. The average molecular weight is 533 g/mol. The van der Waals surface area contributed by atoms with Gasteiger partial charge >= 0.3 is 5.97 Å². The maximum atomic E-state index is 13.2. The topological polar surface area (TPSA) is 220 Å². The molecule has 1 aromatic heterocycles. The quantitative estimate of drug-likeness (QED) is 0.152. The summed E-state index contributed by atoms with van der Waals surface area (Å²) >= 11 is 0. The molecule has 3 amide bonds. The number of benzene rings is 1. The number of imidazole rings is 1. The van der Waals surface area contributed by atoms with Gasteiger partial charge in [0.1, 0.15) is 23.9 Å². The molecule has 6 unspecified atom stereocenters. The molecule has 0 aliphatic carbocycles. The molecular formula is C25H36N6O7. The van der Waals surface area contributed by atoms with Crippen LogP contribution in [0.15, 0.2) is 36.8 Å². The Morgan fingerprint density at radius 3 is 2.13 bits per heavy atom. The van der Waals surface area contributed by atoms with Crippen LogP contribution in [0.3, 0.4) is 0 Å². The van der Waals surface area contributed by atoms with E-state index in [1.807, 2.05) is 6.92 Å². The number of carboxylic acid groups (broad SMARTS) is 1. The summed E-state index contributed by atoms with van der Waals surface area (Å²) < 4.78 is 0. The number of aliphatic hydroxyl groups excluding tert-OH is 1. The lowest BCUT2D eigenvalue weighted by Crippen LogP contribution is -2.60. The van der Waals surface area contributed by atoms with Gasteiger partial charge in [-0.15, -0.1) is 0 Å². The van der Waals surface area contributed by atoms with Gasteiger partial charge in [0.25, 0.3) is 0 Å². The smallest absolute Gasteiger partial charge is 0.326 e. The van der Waals surface area contributed by atoms with Gasteiger partial charge < -0.3 is 42.0 Å². The minimum atomic E-state index is -1.52. The van der Waals surface area contributed by atoms with Crippen molar-refractivity contribution in [1.29, 1.82) is 0 Å². The molecule has 1 heterocycles. The van der Waals surface area contributed by atoms with Crippen LogP contribution in [0.2, 0.25) is 0 Å². The number of carbonyl (C=O) groups is 4. The molecule has 13 heteroatoms. The van der Waals surface area contributed by atoms with E-state index in [-0.39, 0.29) is 24.5 Å². The molecule has 0 radical (unpaired) electrons. The highest BCUT2D eigenvalue weighted by atomic mass is 16.4. The fraction of sp³-hybridized carbons (Fsp3) is 0.480. The second kappa shape index (κ2) is 14.1. The zero-order chi connectivity index (χ0) is 28.4. The molecule has 2 rings (SSSR count). The van der Waals surface area contributed by atoms with Crippen LogP contribution in [0.25, 0.3) is 0 Å². The number of rotatable bonds is 14. The summed E-state index contributed by atoms with van der Waals surface area (Å²) in [6.45, 7) is 4.95. The number of aliphatic carboxylic acids is 1. The normalized spacial score (nSPS) is 15.8. The maximum Gasteiger partial charge on any atom is 0.326 e. The number of aromatic nitrogens is 2. The Kier molecular flexibility index (Phi) is 11.2. The van der Waals surface area contributed by atoms with Gasteiger partial charge in [0, 0.05) is 24.7 Å². The number of nitrogens with two attached hydrogens (primary N) is 1. The summed E-state index contributed by atoms with van der Waals surface area (Å²) in [6, 6.07) is 0.860. The maximum absolute atomic E-state index is 13.2. The first-order chi connectivity index (χ1) is 17.9. The minimum absolute atomic E-state index is 0.00243. The number of carboxylic acids is 1. The van der Waals surface area contributed by atoms with Crippen LogP contribution >= 0.6 is 0 Å². The number of phenols is 1. The van der Waals surface area contributed by atoms with E-state index in [2.05, 4.69) is 25.9 Å². The number of carbonyl (C=O) groups excluding carboxylic acids is 3. The summed E-state index contributed by atoms with van der Waals surface area (Å²) in [6.07, 6.45) is 2.02. The number of amides is 3. The zero-order valence-electron chi connectivity index (χ0n) is 21.5. The Labute approximate surface area is 220 Å². The van der Waals surface area contributed by atoms with Crippen LogP contribution in [-0.2, 0) is 32.0 Å². The zero-order valence-corrected chi connectivity index (χ0v) is 21.5. The largest absolute Gasteiger partial charge is 0.508 e. The van der Waals surface area contributed by atoms with Crippen LogP contribution in [0.4, 0.5) is 0 Å². The Bertz CT molecular complexity index is 1070. The monoisotopic (exact) mass is 532 g/mol. The van der Waals surface area contributed by atoms with Gasteiger partial charge in [0.05, 0.1) is 18.5 Å². The second-order valence-corrected chi connectivity index (χ2v) is 9.25. The highest BCUT2D eigenvalue weighted by molar-refractivity contribution is 5.94. The van der Waals surface area contributed by atoms with E-state index < -0.39 is 54.0 Å². The Hall–Kier alpha value is -3.97. The third-order valence-electron chi connectivity index (χ3n) is 6.23. The van der Waals surface area contributed by atoms with E-state index in [4.69, 9.17) is 5.73 Å². The summed E-state index contributed by atoms with van der Waals surface area (Å²) in [5, 5.41) is 36.6. The first kappa shape index (κ1) is 30.3. The fourth-order valence-electron chi connectivity index (χ4n) is 3.59. The lowest BCUT2D eigenvalue weighted by molar-refractivity contribution is -0.143. The van der Waals surface area contributed by atoms with Gasteiger partial charge in [0.15, 0.2) is 0 Å². The third-order valence-corrected chi connectivity index (χ3v) is 6.23. The van der Waals surface area contributed by atoms with E-state index in [9.17, 15) is 34.5 Å². The van der Waals surface area contributed by atoms with Crippen molar-refractivity contribution in [3.63, 3.8) is 0 Å². The molecule has 0 fully saturated rings. The predicted octanol–water partition coefficient (Wildman–Crippen LogP) is -0.806. The lowest BCUT2D eigenvalue weighted by atomic mass is 9.98. The molecule has 0 aliphatic rings. The Morgan fingerprint density at radius 1 is 0.974 bits per heavy atom. The summed E-state index contributed by atoms with van der Waals surface area (Å²) in [5.41, 5.74) is 7.07. The highest BCUT2D eigenvalue weighted by Gasteiger charge is 2.33. The van der Waals surface area contributed by atoms with Crippen LogP contribution in [0.1, 0.15) is 38.4 Å². The molecule has 208 valence electrons. The molecule has 0 saturated heterocycles. The number of aliphatic hydroxyl groups is 1. The van der Waals surface area contributed by atoms with E-state index in [1.165, 1.54) is 43.7 Å². The van der Waals surface area contributed by atoms with Crippen LogP contribution in [0, 0.1) is 5.92 Å². The van der Waals surface area contributed by atoms with Gasteiger partial charge in [-0.2, -0.15) is 0 Å². The molecule has 0 bridgehead atoms. The van der Waals surface area contributed by atoms with Crippen molar-refractivity contribution in [2.45, 2.75) is 70.3 Å². The van der Waals surface area contributed by atoms with Crippen molar-refractivity contribution >= 4 is 23.7 Å². The molecule has 9 N–H and O–H groups in total. The molecule has 6 atom stereocenters.